The molecule has 3 nitrogen and oxygen atoms in total. The molecule has 0 saturated heterocycles. The SMILES string of the molecule is CCC(C)c1ccc(-c2ccc(-c3ccc4c(c3)c3cc(-c5ccc(N(c6ccccc6)c6ccc(-c7ccccc7)cc6)cc5)ccc3n4-c3ccc(OC)cc3)cc2)cc1. The molecule has 0 aliphatic carbocycles. The van der Waals surface area contributed by atoms with E-state index in [1.165, 1.54) is 55.3 Å². The first kappa shape index (κ1) is 38.6. The van der Waals surface area contributed by atoms with Crippen LogP contribution in [-0.4, -0.2) is 11.7 Å². The van der Waals surface area contributed by atoms with Crippen LogP contribution in [-0.2, 0) is 0 Å². The van der Waals surface area contributed by atoms with Crippen molar-refractivity contribution in [2.24, 2.45) is 0 Å². The maximum atomic E-state index is 5.53. The molecule has 62 heavy (non-hydrogen) atoms. The molecular weight excluding hydrogens is 753 g/mol. The van der Waals surface area contributed by atoms with Gasteiger partial charge in [-0.3, -0.25) is 0 Å². The van der Waals surface area contributed by atoms with Gasteiger partial charge < -0.3 is 14.2 Å². The van der Waals surface area contributed by atoms with Crippen molar-refractivity contribution in [3.8, 4) is 55.9 Å². The molecule has 10 rings (SSSR count). The number of methoxy groups -OCH3 is 1. The van der Waals surface area contributed by atoms with Crippen molar-refractivity contribution in [1.82, 2.24) is 4.57 Å². The summed E-state index contributed by atoms with van der Waals surface area (Å²) in [6, 6.07) is 79.1. The number of hydrogen-bond donors (Lipinski definition) is 0. The highest BCUT2D eigenvalue weighted by Crippen LogP contribution is 2.40. The Labute approximate surface area is 364 Å². The minimum atomic E-state index is 0.569. The van der Waals surface area contributed by atoms with Gasteiger partial charge in [-0.15, -0.1) is 0 Å². The molecule has 0 N–H and O–H groups in total. The summed E-state index contributed by atoms with van der Waals surface area (Å²) >= 11 is 0. The van der Waals surface area contributed by atoms with E-state index in [0.717, 1.165) is 51.5 Å². The van der Waals surface area contributed by atoms with E-state index in [-0.39, 0.29) is 0 Å². The maximum Gasteiger partial charge on any atom is 0.119 e. The molecule has 0 spiro atoms. The van der Waals surface area contributed by atoms with Gasteiger partial charge in [-0.1, -0.05) is 147 Å². The number of ether oxygens (including phenoxy) is 1. The summed E-state index contributed by atoms with van der Waals surface area (Å²) in [5.41, 5.74) is 17.7. The molecule has 0 bridgehead atoms. The maximum absolute atomic E-state index is 5.53. The lowest BCUT2D eigenvalue weighted by Gasteiger charge is -2.26. The summed E-state index contributed by atoms with van der Waals surface area (Å²) in [7, 11) is 1.71. The topological polar surface area (TPSA) is 17.4 Å². The Bertz CT molecular complexity index is 3100. The molecule has 0 saturated carbocycles. The predicted molar refractivity (Wildman–Crippen MR) is 262 cm³/mol. The monoisotopic (exact) mass is 800 g/mol. The number of nitrogens with zero attached hydrogens (tertiary/aromatic N) is 2. The number of fused-ring (bicyclic) bond motifs is 3. The van der Waals surface area contributed by atoms with Crippen LogP contribution in [0.15, 0.2) is 218 Å². The van der Waals surface area contributed by atoms with Crippen molar-refractivity contribution in [3.05, 3.63) is 224 Å². The molecule has 1 atom stereocenters. The summed E-state index contributed by atoms with van der Waals surface area (Å²) < 4.78 is 7.90. The van der Waals surface area contributed by atoms with E-state index < -0.39 is 0 Å². The van der Waals surface area contributed by atoms with Crippen molar-refractivity contribution in [2.75, 3.05) is 12.0 Å². The van der Waals surface area contributed by atoms with Crippen LogP contribution in [0, 0.1) is 0 Å². The third-order valence-electron chi connectivity index (χ3n) is 12.4. The van der Waals surface area contributed by atoms with Crippen molar-refractivity contribution >= 4 is 38.9 Å². The van der Waals surface area contributed by atoms with Crippen LogP contribution < -0.4 is 9.64 Å². The Morgan fingerprint density at radius 3 is 1.27 bits per heavy atom. The number of para-hydroxylation sites is 1. The van der Waals surface area contributed by atoms with E-state index in [0.29, 0.717) is 5.92 Å². The van der Waals surface area contributed by atoms with Gasteiger partial charge >= 0.3 is 0 Å². The molecule has 1 aromatic heterocycles. The van der Waals surface area contributed by atoms with Crippen LogP contribution in [0.1, 0.15) is 31.7 Å². The van der Waals surface area contributed by atoms with Crippen LogP contribution in [0.25, 0.3) is 72.0 Å². The second-order valence-corrected chi connectivity index (χ2v) is 16.1. The van der Waals surface area contributed by atoms with Crippen molar-refractivity contribution in [3.63, 3.8) is 0 Å². The largest absolute Gasteiger partial charge is 0.497 e. The lowest BCUT2D eigenvalue weighted by molar-refractivity contribution is 0.415. The number of anilines is 3. The first-order chi connectivity index (χ1) is 30.5. The van der Waals surface area contributed by atoms with Crippen LogP contribution in [0.5, 0.6) is 5.75 Å². The lowest BCUT2D eigenvalue weighted by Crippen LogP contribution is -2.09. The van der Waals surface area contributed by atoms with Crippen LogP contribution in [0.4, 0.5) is 17.1 Å². The summed E-state index contributed by atoms with van der Waals surface area (Å²) in [5, 5.41) is 2.42. The third-order valence-corrected chi connectivity index (χ3v) is 12.4. The van der Waals surface area contributed by atoms with E-state index in [4.69, 9.17) is 4.74 Å². The smallest absolute Gasteiger partial charge is 0.119 e. The van der Waals surface area contributed by atoms with Crippen LogP contribution in [0.3, 0.4) is 0 Å². The minimum Gasteiger partial charge on any atom is -0.497 e. The standard InChI is InChI=1S/C59H48N2O/c1-4-41(2)42-15-17-44(18-16-42)45-19-21-47(22-20-45)49-27-37-58-56(39-49)57-40-50(28-38-59(57)61(58)54-33-35-55(62-3)36-34-54)48-25-31-53(32-26-48)60(51-13-9-6-10-14-51)52-29-23-46(24-30-52)43-11-7-5-8-12-43/h5-41H,4H2,1-3H3. The molecule has 0 radical (unpaired) electrons. The fourth-order valence-corrected chi connectivity index (χ4v) is 8.75. The molecule has 10 aromatic rings. The highest BCUT2D eigenvalue weighted by Gasteiger charge is 2.17. The van der Waals surface area contributed by atoms with Crippen molar-refractivity contribution in [1.29, 1.82) is 0 Å². The molecule has 0 aliphatic heterocycles. The summed E-state index contributed by atoms with van der Waals surface area (Å²) in [6.45, 7) is 4.54. The Morgan fingerprint density at radius 2 is 0.806 bits per heavy atom. The first-order valence-corrected chi connectivity index (χ1v) is 21.6. The molecule has 9 aromatic carbocycles. The van der Waals surface area contributed by atoms with Gasteiger partial charge in [0.15, 0.2) is 0 Å². The minimum absolute atomic E-state index is 0.569. The second kappa shape index (κ2) is 16.8. The molecule has 1 heterocycles. The van der Waals surface area contributed by atoms with Crippen LogP contribution >= 0.6 is 0 Å². The Hall–Kier alpha value is -7.62. The molecule has 0 aliphatic rings. The Morgan fingerprint density at radius 1 is 0.419 bits per heavy atom. The van der Waals surface area contributed by atoms with Gasteiger partial charge in [0.1, 0.15) is 5.75 Å². The number of aromatic nitrogens is 1. The highest BCUT2D eigenvalue weighted by atomic mass is 16.5. The number of rotatable bonds is 11. The summed E-state index contributed by atoms with van der Waals surface area (Å²) in [4.78, 5) is 2.32. The van der Waals surface area contributed by atoms with E-state index in [9.17, 15) is 0 Å². The van der Waals surface area contributed by atoms with Crippen molar-refractivity contribution < 1.29 is 4.74 Å². The Kier molecular flexibility index (Phi) is 10.4. The van der Waals surface area contributed by atoms with Gasteiger partial charge in [0.2, 0.25) is 0 Å². The average molecular weight is 801 g/mol. The fourth-order valence-electron chi connectivity index (χ4n) is 8.75. The Balaban J connectivity index is 1.02. The van der Waals surface area contributed by atoms with Gasteiger partial charge in [0, 0.05) is 33.5 Å². The van der Waals surface area contributed by atoms with Crippen LogP contribution in [0.2, 0.25) is 0 Å². The zero-order chi connectivity index (χ0) is 42.0. The zero-order valence-electron chi connectivity index (χ0n) is 35.4. The van der Waals surface area contributed by atoms with Gasteiger partial charge in [0.05, 0.1) is 18.1 Å². The molecule has 3 heteroatoms. The normalized spacial score (nSPS) is 11.8. The third kappa shape index (κ3) is 7.43. The lowest BCUT2D eigenvalue weighted by atomic mass is 9.95. The molecule has 1 unspecified atom stereocenters. The predicted octanol–water partition coefficient (Wildman–Crippen LogP) is 16.4. The fraction of sp³-hybridized carbons (Fsp3) is 0.0847. The molecular formula is C59H48N2O. The number of hydrogen-bond acceptors (Lipinski definition) is 2. The van der Waals surface area contributed by atoms with Gasteiger partial charge in [-0.05, 0) is 147 Å². The summed E-state index contributed by atoms with van der Waals surface area (Å²) in [5.74, 6) is 1.41. The first-order valence-electron chi connectivity index (χ1n) is 21.6. The molecule has 0 amide bonds. The zero-order valence-corrected chi connectivity index (χ0v) is 35.4. The summed E-state index contributed by atoms with van der Waals surface area (Å²) in [6.07, 6.45) is 1.14. The average Bonchev–Trinajstić information content (AvgIpc) is 3.68. The second-order valence-electron chi connectivity index (χ2n) is 16.1. The van der Waals surface area contributed by atoms with E-state index in [1.54, 1.807) is 7.11 Å². The molecule has 300 valence electrons. The van der Waals surface area contributed by atoms with Gasteiger partial charge in [-0.2, -0.15) is 0 Å². The van der Waals surface area contributed by atoms with Gasteiger partial charge in [0.25, 0.3) is 0 Å². The highest BCUT2D eigenvalue weighted by molar-refractivity contribution is 6.11. The van der Waals surface area contributed by atoms with Gasteiger partial charge in [-0.25, -0.2) is 0 Å². The van der Waals surface area contributed by atoms with E-state index in [1.807, 2.05) is 12.1 Å². The molecule has 0 fully saturated rings. The number of benzene rings is 9. The quantitative estimate of drug-likeness (QED) is 0.130. The van der Waals surface area contributed by atoms with E-state index >= 15 is 0 Å². The van der Waals surface area contributed by atoms with Crippen molar-refractivity contribution in [2.45, 2.75) is 26.2 Å². The van der Waals surface area contributed by atoms with E-state index in [2.05, 4.69) is 230 Å².